The van der Waals surface area contributed by atoms with Gasteiger partial charge in [0.2, 0.25) is 0 Å². The van der Waals surface area contributed by atoms with Crippen molar-refractivity contribution >= 4 is 27.0 Å². The summed E-state index contributed by atoms with van der Waals surface area (Å²) in [4.78, 5) is 0.432. The summed E-state index contributed by atoms with van der Waals surface area (Å²) in [6, 6.07) is 2.14. The van der Waals surface area contributed by atoms with Crippen molar-refractivity contribution < 1.29 is 26.7 Å². The van der Waals surface area contributed by atoms with E-state index in [0.29, 0.717) is 22.6 Å². The Kier molecular flexibility index (Phi) is 4.26. The number of aliphatic hydroxyl groups is 1. The molecule has 1 aromatic carbocycles. The number of nitrogens with one attached hydrogen (secondary N) is 1. The Bertz CT molecular complexity index is 787. The van der Waals surface area contributed by atoms with Gasteiger partial charge in [-0.05, 0) is 18.6 Å². The Morgan fingerprint density at radius 2 is 1.90 bits per heavy atom. The molecule has 2 aromatic rings. The molecule has 2 N–H and O–H groups in total. The maximum absolute atomic E-state index is 13.5. The van der Waals surface area contributed by atoms with Gasteiger partial charge >= 0.3 is 0 Å². The van der Waals surface area contributed by atoms with E-state index in [1.165, 1.54) is 6.07 Å². The quantitative estimate of drug-likeness (QED) is 0.843. The number of benzene rings is 1. The molecule has 0 atom stereocenters. The predicted octanol–water partition coefficient (Wildman–Crippen LogP) is 2.77. The Hall–Kier alpha value is -1.58. The van der Waals surface area contributed by atoms with Crippen LogP contribution in [0.5, 0.6) is 0 Å². The van der Waals surface area contributed by atoms with E-state index in [-0.39, 0.29) is 10.8 Å². The van der Waals surface area contributed by atoms with Crippen LogP contribution in [-0.4, -0.2) is 13.5 Å². The number of thiophene rings is 1. The lowest BCUT2D eigenvalue weighted by atomic mass is 10.3. The van der Waals surface area contributed by atoms with Crippen LogP contribution in [-0.2, 0) is 16.6 Å². The molecule has 0 spiro atoms. The van der Waals surface area contributed by atoms with Crippen LogP contribution in [0.4, 0.5) is 18.9 Å². The maximum Gasteiger partial charge on any atom is 0.271 e. The third-order valence-electron chi connectivity index (χ3n) is 2.64. The standard InChI is InChI=1S/C12H10F3NO3S2/c1-6-2-11(20-10(6)5-17)21(18,19)16-9-4-7(13)3-8(14)12(9)15/h2-4,16-17H,5H2,1H3. The first-order valence-corrected chi connectivity index (χ1v) is 7.92. The fourth-order valence-electron chi connectivity index (χ4n) is 1.60. The number of halogens is 3. The van der Waals surface area contributed by atoms with Crippen molar-refractivity contribution in [3.8, 4) is 0 Å². The molecule has 9 heteroatoms. The summed E-state index contributed by atoms with van der Waals surface area (Å²) in [6.45, 7) is 1.26. The Morgan fingerprint density at radius 3 is 2.48 bits per heavy atom. The van der Waals surface area contributed by atoms with E-state index in [1.807, 2.05) is 0 Å². The predicted molar refractivity (Wildman–Crippen MR) is 72.1 cm³/mol. The van der Waals surface area contributed by atoms with Crippen molar-refractivity contribution in [2.45, 2.75) is 17.7 Å². The van der Waals surface area contributed by atoms with Crippen LogP contribution in [0.1, 0.15) is 10.4 Å². The van der Waals surface area contributed by atoms with Crippen LogP contribution >= 0.6 is 11.3 Å². The van der Waals surface area contributed by atoms with Gasteiger partial charge in [0.15, 0.2) is 11.6 Å². The number of aryl methyl sites for hydroxylation is 1. The lowest BCUT2D eigenvalue weighted by Gasteiger charge is -2.08. The molecule has 0 aliphatic rings. The molecule has 1 aromatic heterocycles. The molecule has 0 amide bonds. The molecule has 0 unspecified atom stereocenters. The van der Waals surface area contributed by atoms with Gasteiger partial charge in [0, 0.05) is 17.0 Å². The summed E-state index contributed by atoms with van der Waals surface area (Å²) < 4.78 is 65.3. The lowest BCUT2D eigenvalue weighted by Crippen LogP contribution is -2.13. The highest BCUT2D eigenvalue weighted by atomic mass is 32.2. The monoisotopic (exact) mass is 337 g/mol. The Morgan fingerprint density at radius 1 is 1.24 bits per heavy atom. The van der Waals surface area contributed by atoms with Crippen molar-refractivity contribution in [1.29, 1.82) is 0 Å². The summed E-state index contributed by atoms with van der Waals surface area (Å²) in [7, 11) is -4.20. The number of sulfonamides is 1. The minimum absolute atomic E-state index is 0.187. The van der Waals surface area contributed by atoms with Crippen molar-refractivity contribution in [2.75, 3.05) is 4.72 Å². The van der Waals surface area contributed by atoms with Crippen LogP contribution in [0, 0.1) is 24.4 Å². The fraction of sp³-hybridized carbons (Fsp3) is 0.167. The van der Waals surface area contributed by atoms with Gasteiger partial charge in [0.05, 0.1) is 12.3 Å². The fourth-order valence-corrected chi connectivity index (χ4v) is 4.10. The van der Waals surface area contributed by atoms with E-state index in [4.69, 9.17) is 5.11 Å². The molecular weight excluding hydrogens is 327 g/mol. The largest absolute Gasteiger partial charge is 0.391 e. The average Bonchev–Trinajstić information content (AvgIpc) is 2.77. The van der Waals surface area contributed by atoms with Crippen LogP contribution in [0.25, 0.3) is 0 Å². The minimum atomic E-state index is -4.20. The van der Waals surface area contributed by atoms with E-state index in [9.17, 15) is 21.6 Å². The van der Waals surface area contributed by atoms with Gasteiger partial charge in [-0.3, -0.25) is 4.72 Å². The van der Waals surface area contributed by atoms with Gasteiger partial charge in [0.25, 0.3) is 10.0 Å². The molecule has 0 saturated carbocycles. The van der Waals surface area contributed by atoms with Crippen LogP contribution in [0.15, 0.2) is 22.4 Å². The zero-order chi connectivity index (χ0) is 15.8. The summed E-state index contributed by atoms with van der Waals surface area (Å²) in [5, 5.41) is 9.04. The second-order valence-corrected chi connectivity index (χ2v) is 7.23. The smallest absolute Gasteiger partial charge is 0.271 e. The summed E-state index contributed by atoms with van der Waals surface area (Å²) >= 11 is 0.790. The molecule has 114 valence electrons. The van der Waals surface area contributed by atoms with E-state index in [1.54, 1.807) is 11.6 Å². The number of rotatable bonds is 4. The highest BCUT2D eigenvalue weighted by molar-refractivity contribution is 7.94. The number of aliphatic hydroxyl groups excluding tert-OH is 1. The summed E-state index contributed by atoms with van der Waals surface area (Å²) in [5.74, 6) is -4.09. The Balaban J connectivity index is 2.42. The zero-order valence-corrected chi connectivity index (χ0v) is 12.3. The highest BCUT2D eigenvalue weighted by Gasteiger charge is 2.22. The molecule has 1 heterocycles. The van der Waals surface area contributed by atoms with E-state index < -0.39 is 33.2 Å². The van der Waals surface area contributed by atoms with Crippen molar-refractivity contribution in [3.63, 3.8) is 0 Å². The van der Waals surface area contributed by atoms with Crippen molar-refractivity contribution in [1.82, 2.24) is 0 Å². The minimum Gasteiger partial charge on any atom is -0.391 e. The molecule has 0 fully saturated rings. The van der Waals surface area contributed by atoms with Crippen LogP contribution in [0.3, 0.4) is 0 Å². The summed E-state index contributed by atoms with van der Waals surface area (Å²) in [5.41, 5.74) is -0.266. The van der Waals surface area contributed by atoms with Gasteiger partial charge in [-0.2, -0.15) is 0 Å². The third kappa shape index (κ3) is 3.20. The second-order valence-electron chi connectivity index (χ2n) is 4.18. The van der Waals surface area contributed by atoms with Gasteiger partial charge in [0.1, 0.15) is 10.0 Å². The number of anilines is 1. The molecule has 2 rings (SSSR count). The molecular formula is C12H10F3NO3S2. The van der Waals surface area contributed by atoms with E-state index in [2.05, 4.69) is 0 Å². The van der Waals surface area contributed by atoms with Gasteiger partial charge in [-0.25, -0.2) is 21.6 Å². The van der Waals surface area contributed by atoms with Gasteiger partial charge in [-0.15, -0.1) is 11.3 Å². The molecule has 0 radical (unpaired) electrons. The van der Waals surface area contributed by atoms with Crippen LogP contribution < -0.4 is 4.72 Å². The average molecular weight is 337 g/mol. The first-order valence-electron chi connectivity index (χ1n) is 5.62. The second kappa shape index (κ2) is 5.66. The SMILES string of the molecule is Cc1cc(S(=O)(=O)Nc2cc(F)cc(F)c2F)sc1CO. The Labute approximate surface area is 122 Å². The molecule has 21 heavy (non-hydrogen) atoms. The van der Waals surface area contributed by atoms with E-state index >= 15 is 0 Å². The molecule has 0 aliphatic heterocycles. The van der Waals surface area contributed by atoms with Crippen molar-refractivity contribution in [2.24, 2.45) is 0 Å². The van der Waals surface area contributed by atoms with E-state index in [0.717, 1.165) is 11.3 Å². The van der Waals surface area contributed by atoms with Gasteiger partial charge in [-0.1, -0.05) is 0 Å². The molecule has 4 nitrogen and oxygen atoms in total. The van der Waals surface area contributed by atoms with Crippen molar-refractivity contribution in [3.05, 3.63) is 46.1 Å². The number of hydrogen-bond acceptors (Lipinski definition) is 4. The molecule has 0 bridgehead atoms. The van der Waals surface area contributed by atoms with Gasteiger partial charge < -0.3 is 5.11 Å². The van der Waals surface area contributed by atoms with Crippen LogP contribution in [0.2, 0.25) is 0 Å². The molecule has 0 aliphatic carbocycles. The number of hydrogen-bond donors (Lipinski definition) is 2. The highest BCUT2D eigenvalue weighted by Crippen LogP contribution is 2.29. The normalized spacial score (nSPS) is 11.7. The lowest BCUT2D eigenvalue weighted by molar-refractivity contribution is 0.285. The summed E-state index contributed by atoms with van der Waals surface area (Å²) in [6.07, 6.45) is 0. The maximum atomic E-state index is 13.5. The third-order valence-corrected chi connectivity index (χ3v) is 5.70. The first-order chi connectivity index (χ1) is 9.74. The molecule has 0 saturated heterocycles. The first kappa shape index (κ1) is 15.8. The zero-order valence-electron chi connectivity index (χ0n) is 10.7. The topological polar surface area (TPSA) is 66.4 Å².